The van der Waals surface area contributed by atoms with Crippen molar-refractivity contribution >= 4 is 0 Å². The van der Waals surface area contributed by atoms with Crippen LogP contribution in [-0.4, -0.2) is 26.3 Å². The lowest BCUT2D eigenvalue weighted by molar-refractivity contribution is 0.0367. The smallest absolute Gasteiger partial charge is 0.0756 e. The van der Waals surface area contributed by atoms with Gasteiger partial charge in [-0.05, 0) is 13.0 Å². The Hall–Kier alpha value is -0.520. The van der Waals surface area contributed by atoms with Gasteiger partial charge < -0.3 is 10.1 Å². The second-order valence-corrected chi connectivity index (χ2v) is 3.25. The van der Waals surface area contributed by atoms with E-state index in [-0.39, 0.29) is 12.1 Å². The first-order chi connectivity index (χ1) is 5.67. The lowest BCUT2D eigenvalue weighted by Gasteiger charge is -2.27. The maximum Gasteiger partial charge on any atom is 0.0756 e. The Labute approximate surface area is 75.7 Å². The summed E-state index contributed by atoms with van der Waals surface area (Å²) in [4.78, 5) is 0. The van der Waals surface area contributed by atoms with Gasteiger partial charge in [0, 0.05) is 19.6 Å². The number of methoxy groups -OCH3 is 1. The van der Waals surface area contributed by atoms with Crippen molar-refractivity contribution in [1.29, 1.82) is 0 Å². The fourth-order valence-corrected chi connectivity index (χ4v) is 1.41. The Morgan fingerprint density at radius 3 is 2.33 bits per heavy atom. The average Bonchev–Trinajstić information content (AvgIpc) is 2.03. The van der Waals surface area contributed by atoms with Gasteiger partial charge in [0.2, 0.25) is 0 Å². The molecule has 2 nitrogen and oxygen atoms in total. The third kappa shape index (κ3) is 3.25. The van der Waals surface area contributed by atoms with Crippen molar-refractivity contribution in [2.45, 2.75) is 32.4 Å². The van der Waals surface area contributed by atoms with Crippen LogP contribution in [-0.2, 0) is 4.74 Å². The van der Waals surface area contributed by atoms with E-state index >= 15 is 0 Å². The second kappa shape index (κ2) is 6.05. The van der Waals surface area contributed by atoms with Crippen molar-refractivity contribution in [1.82, 2.24) is 5.32 Å². The van der Waals surface area contributed by atoms with Gasteiger partial charge in [-0.2, -0.15) is 0 Å². The molecule has 12 heavy (non-hydrogen) atoms. The molecule has 0 aliphatic carbocycles. The molecule has 0 radical (unpaired) electrons. The van der Waals surface area contributed by atoms with Gasteiger partial charge in [-0.25, -0.2) is 0 Å². The zero-order valence-corrected chi connectivity index (χ0v) is 8.42. The molecule has 0 fully saturated rings. The molecule has 0 saturated carbocycles. The lowest BCUT2D eigenvalue weighted by Crippen LogP contribution is -2.41. The summed E-state index contributed by atoms with van der Waals surface area (Å²) in [5.74, 6) is 3.13. The molecular formula is C10H19NO. The summed E-state index contributed by atoms with van der Waals surface area (Å²) in [6.45, 7) is 4.27. The van der Waals surface area contributed by atoms with E-state index in [0.717, 1.165) is 0 Å². The zero-order chi connectivity index (χ0) is 9.56. The highest BCUT2D eigenvalue weighted by Gasteiger charge is 2.21. The van der Waals surface area contributed by atoms with Gasteiger partial charge in [0.15, 0.2) is 0 Å². The van der Waals surface area contributed by atoms with Crippen molar-refractivity contribution in [2.75, 3.05) is 14.2 Å². The molecule has 0 heterocycles. The van der Waals surface area contributed by atoms with Crippen LogP contribution in [0.15, 0.2) is 0 Å². The summed E-state index contributed by atoms with van der Waals surface area (Å²) in [5, 5.41) is 3.17. The predicted molar refractivity (Wildman–Crippen MR) is 51.9 cm³/mol. The van der Waals surface area contributed by atoms with Gasteiger partial charge in [0.1, 0.15) is 0 Å². The SMILES string of the molecule is C#CCC(NC)C(OC)C(C)C. The van der Waals surface area contributed by atoms with Crippen LogP contribution in [0.25, 0.3) is 0 Å². The van der Waals surface area contributed by atoms with Crippen LogP contribution in [0.1, 0.15) is 20.3 Å². The van der Waals surface area contributed by atoms with Gasteiger partial charge in [-0.3, -0.25) is 0 Å². The number of likely N-dealkylation sites (N-methyl/N-ethyl adjacent to an activating group) is 1. The molecule has 0 aromatic heterocycles. The Morgan fingerprint density at radius 1 is 1.50 bits per heavy atom. The Morgan fingerprint density at radius 2 is 2.08 bits per heavy atom. The van der Waals surface area contributed by atoms with Crippen LogP contribution in [0, 0.1) is 18.3 Å². The number of rotatable bonds is 5. The van der Waals surface area contributed by atoms with Gasteiger partial charge >= 0.3 is 0 Å². The number of hydrogen-bond donors (Lipinski definition) is 1. The van der Waals surface area contributed by atoms with E-state index in [0.29, 0.717) is 12.3 Å². The van der Waals surface area contributed by atoms with Crippen LogP contribution in [0.3, 0.4) is 0 Å². The third-order valence-corrected chi connectivity index (χ3v) is 2.03. The summed E-state index contributed by atoms with van der Waals surface area (Å²) in [6.07, 6.45) is 6.17. The summed E-state index contributed by atoms with van der Waals surface area (Å²) in [5.41, 5.74) is 0. The summed E-state index contributed by atoms with van der Waals surface area (Å²) < 4.78 is 5.36. The average molecular weight is 169 g/mol. The summed E-state index contributed by atoms with van der Waals surface area (Å²) in [7, 11) is 3.64. The molecule has 0 saturated heterocycles. The standard InChI is InChI=1S/C10H19NO/c1-6-7-9(11-4)10(12-5)8(2)3/h1,8-11H,7H2,2-5H3. The molecule has 70 valence electrons. The molecule has 0 aromatic carbocycles. The summed E-state index contributed by atoms with van der Waals surface area (Å²) in [6, 6.07) is 0.264. The van der Waals surface area contributed by atoms with Crippen molar-refractivity contribution in [3.8, 4) is 12.3 Å². The highest BCUT2D eigenvalue weighted by atomic mass is 16.5. The molecule has 0 spiro atoms. The maximum absolute atomic E-state index is 5.36. The van der Waals surface area contributed by atoms with E-state index in [4.69, 9.17) is 11.2 Å². The molecule has 0 amide bonds. The van der Waals surface area contributed by atoms with Crippen LogP contribution in [0.5, 0.6) is 0 Å². The highest BCUT2D eigenvalue weighted by Crippen LogP contribution is 2.12. The van der Waals surface area contributed by atoms with Gasteiger partial charge in [-0.15, -0.1) is 12.3 Å². The Balaban J connectivity index is 4.14. The minimum absolute atomic E-state index is 0.200. The highest BCUT2D eigenvalue weighted by molar-refractivity contribution is 4.93. The zero-order valence-electron chi connectivity index (χ0n) is 8.42. The molecule has 2 heteroatoms. The molecule has 0 bridgehead atoms. The van der Waals surface area contributed by atoms with E-state index in [1.54, 1.807) is 7.11 Å². The van der Waals surface area contributed by atoms with Gasteiger partial charge in [-0.1, -0.05) is 13.8 Å². The maximum atomic E-state index is 5.36. The number of ether oxygens (including phenoxy) is 1. The van der Waals surface area contributed by atoms with E-state index in [1.807, 2.05) is 7.05 Å². The monoisotopic (exact) mass is 169 g/mol. The van der Waals surface area contributed by atoms with Crippen LogP contribution >= 0.6 is 0 Å². The molecule has 1 N–H and O–H groups in total. The molecule has 0 aromatic rings. The van der Waals surface area contributed by atoms with E-state index in [2.05, 4.69) is 25.1 Å². The largest absolute Gasteiger partial charge is 0.380 e. The van der Waals surface area contributed by atoms with Crippen molar-refractivity contribution < 1.29 is 4.74 Å². The molecule has 0 aliphatic heterocycles. The van der Waals surface area contributed by atoms with Gasteiger partial charge in [0.05, 0.1) is 6.10 Å². The molecule has 2 atom stereocenters. The predicted octanol–water partition coefficient (Wildman–Crippen LogP) is 1.27. The summed E-state index contributed by atoms with van der Waals surface area (Å²) >= 11 is 0. The van der Waals surface area contributed by atoms with E-state index in [9.17, 15) is 0 Å². The number of nitrogens with one attached hydrogen (secondary N) is 1. The van der Waals surface area contributed by atoms with Crippen molar-refractivity contribution in [3.63, 3.8) is 0 Å². The van der Waals surface area contributed by atoms with Crippen LogP contribution in [0.2, 0.25) is 0 Å². The minimum Gasteiger partial charge on any atom is -0.380 e. The quantitative estimate of drug-likeness (QED) is 0.626. The van der Waals surface area contributed by atoms with Crippen molar-refractivity contribution in [2.24, 2.45) is 5.92 Å². The van der Waals surface area contributed by atoms with Gasteiger partial charge in [0.25, 0.3) is 0 Å². The number of hydrogen-bond acceptors (Lipinski definition) is 2. The Kier molecular flexibility index (Phi) is 5.79. The van der Waals surface area contributed by atoms with E-state index < -0.39 is 0 Å². The minimum atomic E-state index is 0.200. The topological polar surface area (TPSA) is 21.3 Å². The van der Waals surface area contributed by atoms with Crippen molar-refractivity contribution in [3.05, 3.63) is 0 Å². The normalized spacial score (nSPS) is 15.7. The third-order valence-electron chi connectivity index (χ3n) is 2.03. The lowest BCUT2D eigenvalue weighted by atomic mass is 9.97. The van der Waals surface area contributed by atoms with E-state index in [1.165, 1.54) is 0 Å². The molecule has 0 rings (SSSR count). The number of terminal acetylenes is 1. The van der Waals surface area contributed by atoms with Crippen LogP contribution in [0.4, 0.5) is 0 Å². The fraction of sp³-hybridized carbons (Fsp3) is 0.800. The first-order valence-corrected chi connectivity index (χ1v) is 4.30. The molecule has 2 unspecified atom stereocenters. The Bertz CT molecular complexity index is 148. The molecular weight excluding hydrogens is 150 g/mol. The first kappa shape index (κ1) is 11.5. The fourth-order valence-electron chi connectivity index (χ4n) is 1.41. The molecule has 0 aliphatic rings. The first-order valence-electron chi connectivity index (χ1n) is 4.30. The second-order valence-electron chi connectivity index (χ2n) is 3.25. The van der Waals surface area contributed by atoms with Crippen LogP contribution < -0.4 is 5.32 Å².